The van der Waals surface area contributed by atoms with Crippen LogP contribution in [0.1, 0.15) is 12.5 Å². The fourth-order valence-corrected chi connectivity index (χ4v) is 1.08. The third-order valence-electron chi connectivity index (χ3n) is 1.64. The summed E-state index contributed by atoms with van der Waals surface area (Å²) >= 11 is 0. The molecule has 0 atom stereocenters. The Kier molecular flexibility index (Phi) is 2.60. The molecule has 0 fully saturated rings. The minimum atomic E-state index is -0.662. The molecular weight excluding hydrogens is 176 g/mol. The van der Waals surface area contributed by atoms with Crippen LogP contribution in [0.4, 0.5) is 8.78 Å². The van der Waals surface area contributed by atoms with E-state index in [-0.39, 0.29) is 17.0 Å². The first-order valence-corrected chi connectivity index (χ1v) is 3.65. The lowest BCUT2D eigenvalue weighted by atomic mass is 10.1. The van der Waals surface area contributed by atoms with Crippen molar-refractivity contribution in [2.24, 2.45) is 0 Å². The summed E-state index contributed by atoms with van der Waals surface area (Å²) in [6, 6.07) is 1.95. The molecule has 0 amide bonds. The van der Waals surface area contributed by atoms with Gasteiger partial charge < -0.3 is 10.1 Å². The van der Waals surface area contributed by atoms with Gasteiger partial charge in [-0.15, -0.1) is 0 Å². The van der Waals surface area contributed by atoms with Crippen molar-refractivity contribution in [3.05, 3.63) is 29.3 Å². The highest BCUT2D eigenvalue weighted by Gasteiger charge is 2.15. The van der Waals surface area contributed by atoms with Gasteiger partial charge in [0, 0.05) is 5.71 Å². The second-order valence-electron chi connectivity index (χ2n) is 2.56. The van der Waals surface area contributed by atoms with Crippen LogP contribution in [0, 0.1) is 17.0 Å². The predicted molar refractivity (Wildman–Crippen MR) is 45.4 cm³/mol. The Balaban J connectivity index is 3.43. The molecule has 0 unspecified atom stereocenters. The maximum atomic E-state index is 13.1. The van der Waals surface area contributed by atoms with Gasteiger partial charge in [0.1, 0.15) is 5.82 Å². The molecule has 0 aliphatic rings. The van der Waals surface area contributed by atoms with Gasteiger partial charge in [0.25, 0.3) is 0 Å². The summed E-state index contributed by atoms with van der Waals surface area (Å²) in [4.78, 5) is 0. The Morgan fingerprint density at radius 2 is 1.85 bits per heavy atom. The minimum absolute atomic E-state index is 0.0612. The van der Waals surface area contributed by atoms with Crippen LogP contribution in [-0.4, -0.2) is 12.8 Å². The first-order chi connectivity index (χ1) is 6.07. The molecule has 0 bridgehead atoms. The van der Waals surface area contributed by atoms with Gasteiger partial charge in [-0.25, -0.2) is 8.78 Å². The van der Waals surface area contributed by atoms with E-state index in [0.717, 1.165) is 12.1 Å². The van der Waals surface area contributed by atoms with E-state index in [0.29, 0.717) is 0 Å². The van der Waals surface area contributed by atoms with Crippen LogP contribution in [0.3, 0.4) is 0 Å². The molecule has 0 saturated carbocycles. The lowest BCUT2D eigenvalue weighted by molar-refractivity contribution is 0.381. The van der Waals surface area contributed by atoms with Gasteiger partial charge in [0.2, 0.25) is 0 Å². The first kappa shape index (κ1) is 9.64. The summed E-state index contributed by atoms with van der Waals surface area (Å²) in [5.74, 6) is -1.52. The van der Waals surface area contributed by atoms with Crippen LogP contribution < -0.4 is 4.74 Å². The van der Waals surface area contributed by atoms with E-state index in [1.165, 1.54) is 14.0 Å². The third kappa shape index (κ3) is 1.66. The normalized spacial score (nSPS) is 9.85. The fraction of sp³-hybridized carbons (Fsp3) is 0.222. The van der Waals surface area contributed by atoms with Crippen LogP contribution >= 0.6 is 0 Å². The van der Waals surface area contributed by atoms with E-state index in [2.05, 4.69) is 4.74 Å². The Morgan fingerprint density at radius 3 is 2.23 bits per heavy atom. The molecule has 0 aromatic heterocycles. The SMILES string of the molecule is COc1c(F)ccc(F)c1C(C)=N. The van der Waals surface area contributed by atoms with Crippen molar-refractivity contribution >= 4 is 5.71 Å². The largest absolute Gasteiger partial charge is 0.493 e. The number of ether oxygens (including phenoxy) is 1. The third-order valence-corrected chi connectivity index (χ3v) is 1.64. The van der Waals surface area contributed by atoms with Crippen molar-refractivity contribution < 1.29 is 13.5 Å². The van der Waals surface area contributed by atoms with Crippen LogP contribution in [0.25, 0.3) is 0 Å². The van der Waals surface area contributed by atoms with E-state index < -0.39 is 11.6 Å². The van der Waals surface area contributed by atoms with Crippen LogP contribution in [0.15, 0.2) is 12.1 Å². The number of hydrogen-bond donors (Lipinski definition) is 1. The van der Waals surface area contributed by atoms with Crippen molar-refractivity contribution in [1.29, 1.82) is 5.41 Å². The molecule has 1 aromatic carbocycles. The highest BCUT2D eigenvalue weighted by molar-refractivity contribution is 5.99. The van der Waals surface area contributed by atoms with Gasteiger partial charge in [0.05, 0.1) is 12.7 Å². The van der Waals surface area contributed by atoms with E-state index in [4.69, 9.17) is 5.41 Å². The standard InChI is InChI=1S/C9H9F2NO/c1-5(12)8-6(10)3-4-7(11)9(8)13-2/h3-4,12H,1-2H3. The molecule has 0 aliphatic carbocycles. The molecular formula is C9H9F2NO. The monoisotopic (exact) mass is 185 g/mol. The van der Waals surface area contributed by atoms with Crippen LogP contribution in [-0.2, 0) is 0 Å². The summed E-state index contributed by atoms with van der Waals surface area (Å²) in [6.07, 6.45) is 0. The van der Waals surface area contributed by atoms with Crippen molar-refractivity contribution in [3.8, 4) is 5.75 Å². The van der Waals surface area contributed by atoms with Gasteiger partial charge in [-0.05, 0) is 19.1 Å². The van der Waals surface area contributed by atoms with Gasteiger partial charge in [0.15, 0.2) is 11.6 Å². The van der Waals surface area contributed by atoms with Crippen molar-refractivity contribution in [3.63, 3.8) is 0 Å². The highest BCUT2D eigenvalue weighted by atomic mass is 19.1. The zero-order valence-corrected chi connectivity index (χ0v) is 7.32. The molecule has 1 aromatic rings. The second-order valence-corrected chi connectivity index (χ2v) is 2.56. The maximum Gasteiger partial charge on any atom is 0.166 e. The van der Waals surface area contributed by atoms with Gasteiger partial charge in [-0.3, -0.25) is 0 Å². The maximum absolute atomic E-state index is 13.1. The van der Waals surface area contributed by atoms with Crippen molar-refractivity contribution in [2.45, 2.75) is 6.92 Å². The predicted octanol–water partition coefficient (Wildman–Crippen LogP) is 2.36. The van der Waals surface area contributed by atoms with Crippen LogP contribution in [0.5, 0.6) is 5.75 Å². The summed E-state index contributed by atoms with van der Waals surface area (Å²) in [6.45, 7) is 1.38. The molecule has 70 valence electrons. The summed E-state index contributed by atoms with van der Waals surface area (Å²) in [5, 5.41) is 7.23. The second kappa shape index (κ2) is 3.51. The van der Waals surface area contributed by atoms with E-state index in [9.17, 15) is 8.78 Å². The Hall–Kier alpha value is -1.45. The molecule has 0 radical (unpaired) electrons. The molecule has 1 N–H and O–H groups in total. The summed E-state index contributed by atoms with van der Waals surface area (Å²) < 4.78 is 30.7. The Labute approximate surface area is 74.7 Å². The van der Waals surface area contributed by atoms with E-state index in [1.54, 1.807) is 0 Å². The molecule has 0 saturated heterocycles. The molecule has 2 nitrogen and oxygen atoms in total. The van der Waals surface area contributed by atoms with Crippen molar-refractivity contribution in [2.75, 3.05) is 7.11 Å². The van der Waals surface area contributed by atoms with E-state index in [1.807, 2.05) is 0 Å². The smallest absolute Gasteiger partial charge is 0.166 e. The van der Waals surface area contributed by atoms with Crippen molar-refractivity contribution in [1.82, 2.24) is 0 Å². The fourth-order valence-electron chi connectivity index (χ4n) is 1.08. The lowest BCUT2D eigenvalue weighted by Crippen LogP contribution is -2.03. The lowest BCUT2D eigenvalue weighted by Gasteiger charge is -2.08. The number of benzene rings is 1. The molecule has 13 heavy (non-hydrogen) atoms. The summed E-state index contributed by atoms with van der Waals surface area (Å²) in [7, 11) is 1.24. The zero-order chi connectivity index (χ0) is 10.0. The average Bonchev–Trinajstić information content (AvgIpc) is 2.07. The van der Waals surface area contributed by atoms with Gasteiger partial charge in [-0.2, -0.15) is 0 Å². The first-order valence-electron chi connectivity index (χ1n) is 3.65. The molecule has 1 rings (SSSR count). The Morgan fingerprint density at radius 1 is 1.31 bits per heavy atom. The topological polar surface area (TPSA) is 33.1 Å². The molecule has 0 heterocycles. The molecule has 4 heteroatoms. The highest BCUT2D eigenvalue weighted by Crippen LogP contribution is 2.25. The zero-order valence-electron chi connectivity index (χ0n) is 7.32. The average molecular weight is 185 g/mol. The minimum Gasteiger partial charge on any atom is -0.493 e. The van der Waals surface area contributed by atoms with Gasteiger partial charge >= 0.3 is 0 Å². The Bertz CT molecular complexity index is 350. The van der Waals surface area contributed by atoms with Gasteiger partial charge in [-0.1, -0.05) is 0 Å². The van der Waals surface area contributed by atoms with E-state index >= 15 is 0 Å². The number of hydrogen-bond acceptors (Lipinski definition) is 2. The number of halogens is 2. The summed E-state index contributed by atoms with van der Waals surface area (Å²) in [5.41, 5.74) is -0.184. The number of nitrogens with one attached hydrogen (secondary N) is 1. The number of methoxy groups -OCH3 is 1. The molecule has 0 aliphatic heterocycles. The van der Waals surface area contributed by atoms with Crippen LogP contribution in [0.2, 0.25) is 0 Å². The quantitative estimate of drug-likeness (QED) is 0.705. The molecule has 0 spiro atoms. The number of rotatable bonds is 2.